The highest BCUT2D eigenvalue weighted by atomic mass is 16.2. The summed E-state index contributed by atoms with van der Waals surface area (Å²) in [5.74, 6) is 0.0172. The Labute approximate surface area is 220 Å². The van der Waals surface area contributed by atoms with Crippen molar-refractivity contribution in [2.24, 2.45) is 0 Å². The van der Waals surface area contributed by atoms with Crippen LogP contribution >= 0.6 is 0 Å². The first-order valence-corrected chi connectivity index (χ1v) is 13.0. The lowest BCUT2D eigenvalue weighted by molar-refractivity contribution is -0.116. The van der Waals surface area contributed by atoms with Crippen molar-refractivity contribution in [3.05, 3.63) is 89.7 Å². The zero-order chi connectivity index (χ0) is 26.2. The van der Waals surface area contributed by atoms with Crippen molar-refractivity contribution >= 4 is 23.2 Å². The van der Waals surface area contributed by atoms with Gasteiger partial charge in [-0.2, -0.15) is 0 Å². The Bertz CT molecular complexity index is 1200. The number of benzene rings is 2. The molecule has 0 radical (unpaired) electrons. The smallest absolute Gasteiger partial charge is 0.254 e. The molecule has 1 aliphatic rings. The summed E-state index contributed by atoms with van der Waals surface area (Å²) in [6.07, 6.45) is 5.42. The van der Waals surface area contributed by atoms with Crippen molar-refractivity contribution in [2.45, 2.75) is 32.9 Å². The molecular weight excluding hydrogens is 462 g/mol. The molecule has 1 aliphatic heterocycles. The average molecular weight is 500 g/mol. The molecule has 4 rings (SSSR count). The predicted molar refractivity (Wildman–Crippen MR) is 149 cm³/mol. The van der Waals surface area contributed by atoms with E-state index in [0.29, 0.717) is 25.2 Å². The SMILES string of the molecule is CC(=O)N1CCCN(Cc2cccnc2)CCCN(C(=O)c2cccc(N(C)C)c2)Cc2ccccc21. The average Bonchev–Trinajstić information content (AvgIpc) is 2.90. The van der Waals surface area contributed by atoms with Gasteiger partial charge in [0.25, 0.3) is 5.91 Å². The van der Waals surface area contributed by atoms with E-state index in [1.807, 2.05) is 89.6 Å². The number of aromatic nitrogens is 1. The van der Waals surface area contributed by atoms with Crippen molar-refractivity contribution in [3.8, 4) is 0 Å². The largest absolute Gasteiger partial charge is 0.378 e. The highest BCUT2D eigenvalue weighted by Gasteiger charge is 2.22. The third kappa shape index (κ3) is 6.95. The van der Waals surface area contributed by atoms with Crippen LogP contribution in [0.5, 0.6) is 0 Å². The third-order valence-electron chi connectivity index (χ3n) is 6.81. The third-order valence-corrected chi connectivity index (χ3v) is 6.81. The molecule has 7 nitrogen and oxygen atoms in total. The summed E-state index contributed by atoms with van der Waals surface area (Å²) in [7, 11) is 3.95. The van der Waals surface area contributed by atoms with Crippen LogP contribution in [0.25, 0.3) is 0 Å². The van der Waals surface area contributed by atoms with Crippen LogP contribution in [0, 0.1) is 0 Å². The standard InChI is InChI=1S/C30H37N5O2/c1-24(36)35-19-9-17-33(22-25-10-7-15-31-21-25)16-8-18-34(23-27-11-4-5-14-29(27)35)30(37)26-12-6-13-28(20-26)32(2)3/h4-7,10-15,20-21H,8-9,16-19,22-23H2,1-3H3. The summed E-state index contributed by atoms with van der Waals surface area (Å²) in [5.41, 5.74) is 4.70. The van der Waals surface area contributed by atoms with Gasteiger partial charge >= 0.3 is 0 Å². The maximum atomic E-state index is 13.8. The van der Waals surface area contributed by atoms with E-state index in [1.54, 1.807) is 13.1 Å². The van der Waals surface area contributed by atoms with Crippen LogP contribution in [0.2, 0.25) is 0 Å². The number of carbonyl (C=O) groups is 2. The minimum atomic E-state index is 0.00347. The second-order valence-electron chi connectivity index (χ2n) is 9.82. The molecule has 37 heavy (non-hydrogen) atoms. The number of nitrogens with zero attached hydrogens (tertiary/aromatic N) is 5. The zero-order valence-electron chi connectivity index (χ0n) is 22.1. The molecule has 0 spiro atoms. The van der Waals surface area contributed by atoms with Gasteiger partial charge in [0.15, 0.2) is 0 Å². The molecule has 0 atom stereocenters. The van der Waals surface area contributed by atoms with E-state index in [1.165, 1.54) is 0 Å². The summed E-state index contributed by atoms with van der Waals surface area (Å²) in [6, 6.07) is 19.8. The number of hydrogen-bond donors (Lipinski definition) is 0. The van der Waals surface area contributed by atoms with Crippen LogP contribution in [0.15, 0.2) is 73.1 Å². The molecule has 0 saturated heterocycles. The van der Waals surface area contributed by atoms with E-state index < -0.39 is 0 Å². The number of fused-ring (bicyclic) bond motifs is 1. The van der Waals surface area contributed by atoms with Gasteiger partial charge in [0.1, 0.15) is 0 Å². The molecule has 0 N–H and O–H groups in total. The Morgan fingerprint density at radius 2 is 1.70 bits per heavy atom. The van der Waals surface area contributed by atoms with Gasteiger partial charge in [0, 0.05) is 89.6 Å². The topological polar surface area (TPSA) is 60.0 Å². The number of amides is 2. The van der Waals surface area contributed by atoms with Gasteiger partial charge in [0.05, 0.1) is 0 Å². The van der Waals surface area contributed by atoms with Gasteiger partial charge in [0.2, 0.25) is 5.91 Å². The Hall–Kier alpha value is -3.71. The second-order valence-corrected chi connectivity index (χ2v) is 9.82. The number of para-hydroxylation sites is 1. The van der Waals surface area contributed by atoms with Crippen LogP contribution in [0.3, 0.4) is 0 Å². The Balaban J connectivity index is 1.64. The number of hydrogen-bond acceptors (Lipinski definition) is 5. The molecule has 7 heteroatoms. The van der Waals surface area contributed by atoms with Crippen LogP contribution < -0.4 is 9.80 Å². The monoisotopic (exact) mass is 499 g/mol. The lowest BCUT2D eigenvalue weighted by Gasteiger charge is -2.31. The highest BCUT2D eigenvalue weighted by Crippen LogP contribution is 2.25. The minimum Gasteiger partial charge on any atom is -0.378 e. The Kier molecular flexibility index (Phi) is 8.90. The first-order valence-electron chi connectivity index (χ1n) is 13.0. The normalized spacial score (nSPS) is 15.3. The van der Waals surface area contributed by atoms with Crippen LogP contribution in [0.4, 0.5) is 11.4 Å². The zero-order valence-corrected chi connectivity index (χ0v) is 22.1. The molecule has 2 heterocycles. The molecule has 0 saturated carbocycles. The number of anilines is 2. The van der Waals surface area contributed by atoms with Crippen molar-refractivity contribution in [1.82, 2.24) is 14.8 Å². The van der Waals surface area contributed by atoms with E-state index in [4.69, 9.17) is 0 Å². The number of carbonyl (C=O) groups excluding carboxylic acids is 2. The molecule has 194 valence electrons. The fourth-order valence-corrected chi connectivity index (χ4v) is 4.87. The summed E-state index contributed by atoms with van der Waals surface area (Å²) in [4.78, 5) is 39.0. The molecule has 0 fully saturated rings. The van der Waals surface area contributed by atoms with Gasteiger partial charge in [-0.1, -0.05) is 30.3 Å². The molecule has 2 aromatic carbocycles. The van der Waals surface area contributed by atoms with E-state index in [9.17, 15) is 9.59 Å². The summed E-state index contributed by atoms with van der Waals surface area (Å²) >= 11 is 0. The number of rotatable bonds is 4. The summed E-state index contributed by atoms with van der Waals surface area (Å²) in [6.45, 7) is 5.85. The van der Waals surface area contributed by atoms with Crippen LogP contribution in [-0.2, 0) is 17.9 Å². The Morgan fingerprint density at radius 1 is 0.919 bits per heavy atom. The lowest BCUT2D eigenvalue weighted by atomic mass is 10.1. The lowest BCUT2D eigenvalue weighted by Crippen LogP contribution is -2.38. The van der Waals surface area contributed by atoms with E-state index in [2.05, 4.69) is 16.0 Å². The van der Waals surface area contributed by atoms with E-state index in [-0.39, 0.29) is 11.8 Å². The van der Waals surface area contributed by atoms with Crippen molar-refractivity contribution in [2.75, 3.05) is 50.1 Å². The molecule has 0 unspecified atom stereocenters. The molecule has 2 amide bonds. The fraction of sp³-hybridized carbons (Fsp3) is 0.367. The summed E-state index contributed by atoms with van der Waals surface area (Å²) in [5, 5.41) is 0. The first kappa shape index (κ1) is 26.4. The second kappa shape index (κ2) is 12.5. The Morgan fingerprint density at radius 3 is 2.43 bits per heavy atom. The quantitative estimate of drug-likeness (QED) is 0.531. The predicted octanol–water partition coefficient (Wildman–Crippen LogP) is 4.44. The first-order chi connectivity index (χ1) is 17.9. The fourth-order valence-electron chi connectivity index (χ4n) is 4.87. The van der Waals surface area contributed by atoms with Crippen molar-refractivity contribution in [1.29, 1.82) is 0 Å². The van der Waals surface area contributed by atoms with E-state index in [0.717, 1.165) is 55.0 Å². The van der Waals surface area contributed by atoms with Gasteiger partial charge < -0.3 is 14.7 Å². The van der Waals surface area contributed by atoms with Crippen molar-refractivity contribution < 1.29 is 9.59 Å². The minimum absolute atomic E-state index is 0.00347. The highest BCUT2D eigenvalue weighted by molar-refractivity contribution is 5.96. The molecule has 1 aromatic heterocycles. The van der Waals surface area contributed by atoms with Crippen LogP contribution in [-0.4, -0.2) is 66.9 Å². The van der Waals surface area contributed by atoms with Gasteiger partial charge in [-0.25, -0.2) is 0 Å². The molecule has 0 aliphatic carbocycles. The van der Waals surface area contributed by atoms with Gasteiger partial charge in [-0.05, 0) is 54.3 Å². The molecular formula is C30H37N5O2. The molecule has 0 bridgehead atoms. The maximum Gasteiger partial charge on any atom is 0.254 e. The van der Waals surface area contributed by atoms with E-state index >= 15 is 0 Å². The maximum absolute atomic E-state index is 13.8. The van der Waals surface area contributed by atoms with Gasteiger partial charge in [-0.15, -0.1) is 0 Å². The number of pyridine rings is 1. The summed E-state index contributed by atoms with van der Waals surface area (Å²) < 4.78 is 0. The molecule has 3 aromatic rings. The van der Waals surface area contributed by atoms with Crippen molar-refractivity contribution in [3.63, 3.8) is 0 Å². The van der Waals surface area contributed by atoms with Gasteiger partial charge in [-0.3, -0.25) is 19.5 Å². The van der Waals surface area contributed by atoms with Crippen LogP contribution in [0.1, 0.15) is 41.3 Å².